The van der Waals surface area contributed by atoms with E-state index < -0.39 is 41.0 Å². The molecule has 3 aromatic heterocycles. The van der Waals surface area contributed by atoms with Crippen molar-refractivity contribution in [1.29, 1.82) is 0 Å². The first-order chi connectivity index (χ1) is 16.4. The van der Waals surface area contributed by atoms with Crippen molar-refractivity contribution in [3.8, 4) is 11.3 Å². The summed E-state index contributed by atoms with van der Waals surface area (Å²) in [6.45, 7) is 1.34. The van der Waals surface area contributed by atoms with Gasteiger partial charge in [0.15, 0.2) is 11.5 Å². The van der Waals surface area contributed by atoms with Crippen molar-refractivity contribution in [3.63, 3.8) is 0 Å². The van der Waals surface area contributed by atoms with Crippen LogP contribution < -0.4 is 5.32 Å². The van der Waals surface area contributed by atoms with Gasteiger partial charge in [-0.25, -0.2) is 0 Å². The molecular formula is C22H15F6N5O2. The second-order valence-corrected chi connectivity index (χ2v) is 7.45. The van der Waals surface area contributed by atoms with E-state index in [9.17, 15) is 31.1 Å². The fraction of sp³-hybridized carbons (Fsp3) is 0.182. The van der Waals surface area contributed by atoms with Gasteiger partial charge in [0.2, 0.25) is 0 Å². The number of anilines is 1. The molecule has 0 spiro atoms. The molecule has 0 saturated carbocycles. The lowest BCUT2D eigenvalue weighted by atomic mass is 9.98. The monoisotopic (exact) mass is 495 g/mol. The van der Waals surface area contributed by atoms with Gasteiger partial charge in [0.25, 0.3) is 5.91 Å². The Morgan fingerprint density at radius 2 is 1.83 bits per heavy atom. The predicted octanol–water partition coefficient (Wildman–Crippen LogP) is 5.83. The normalized spacial score (nSPS) is 13.0. The number of halogens is 6. The second kappa shape index (κ2) is 8.89. The van der Waals surface area contributed by atoms with Gasteiger partial charge in [0.1, 0.15) is 0 Å². The molecule has 1 amide bonds. The molecule has 13 heteroatoms. The lowest BCUT2D eigenvalue weighted by Crippen LogP contribution is -2.17. The lowest BCUT2D eigenvalue weighted by Gasteiger charge is -2.20. The van der Waals surface area contributed by atoms with Crippen LogP contribution in [0.5, 0.6) is 0 Å². The standard InChI is InChI=1S/C22H15F6N5O2/c1-12(16-5-4-14(21(23,24)25)7-17(16)22(26,27)28)33-11-15(10-30-33)31-20(34)18-8-19(35-32-18)13-3-2-6-29-9-13/h2-12H,1H3,(H,31,34)/t12-/m0/s1. The highest BCUT2D eigenvalue weighted by molar-refractivity contribution is 6.03. The van der Waals surface area contributed by atoms with Crippen LogP contribution in [0.25, 0.3) is 11.3 Å². The van der Waals surface area contributed by atoms with Crippen molar-refractivity contribution >= 4 is 11.6 Å². The van der Waals surface area contributed by atoms with Crippen LogP contribution in [0, 0.1) is 0 Å². The summed E-state index contributed by atoms with van der Waals surface area (Å²) in [6, 6.07) is 5.09. The molecule has 35 heavy (non-hydrogen) atoms. The van der Waals surface area contributed by atoms with Crippen LogP contribution in [0.15, 0.2) is 65.7 Å². The highest BCUT2D eigenvalue weighted by atomic mass is 19.4. The Morgan fingerprint density at radius 1 is 1.06 bits per heavy atom. The summed E-state index contributed by atoms with van der Waals surface area (Å²) in [6.07, 6.45) is -4.42. The Bertz CT molecular complexity index is 1340. The summed E-state index contributed by atoms with van der Waals surface area (Å²) < 4.78 is 85.6. The van der Waals surface area contributed by atoms with E-state index in [4.69, 9.17) is 4.52 Å². The maximum Gasteiger partial charge on any atom is 0.416 e. The third-order valence-corrected chi connectivity index (χ3v) is 5.08. The minimum absolute atomic E-state index is 0.0632. The fourth-order valence-corrected chi connectivity index (χ4v) is 3.32. The maximum atomic E-state index is 13.5. The zero-order valence-corrected chi connectivity index (χ0v) is 17.7. The van der Waals surface area contributed by atoms with Crippen molar-refractivity contribution in [2.45, 2.75) is 25.3 Å². The highest BCUT2D eigenvalue weighted by Gasteiger charge is 2.39. The third kappa shape index (κ3) is 5.18. The SMILES string of the molecule is C[C@@H](c1ccc(C(F)(F)F)cc1C(F)(F)F)n1cc(NC(=O)c2cc(-c3cccnc3)on2)cn1. The molecule has 0 saturated heterocycles. The molecule has 1 atom stereocenters. The Morgan fingerprint density at radius 3 is 2.49 bits per heavy atom. The smallest absolute Gasteiger partial charge is 0.355 e. The average molecular weight is 495 g/mol. The summed E-state index contributed by atoms with van der Waals surface area (Å²) in [5.41, 5.74) is -2.58. The van der Waals surface area contributed by atoms with E-state index >= 15 is 0 Å². The summed E-state index contributed by atoms with van der Waals surface area (Å²) in [5.74, 6) is -0.365. The van der Waals surface area contributed by atoms with E-state index in [1.54, 1.807) is 18.3 Å². The molecule has 0 radical (unpaired) electrons. The minimum Gasteiger partial charge on any atom is -0.355 e. The number of pyridine rings is 1. The molecule has 1 N–H and O–H groups in total. The molecule has 0 aliphatic carbocycles. The maximum absolute atomic E-state index is 13.5. The van der Waals surface area contributed by atoms with Gasteiger partial charge in [-0.05, 0) is 36.8 Å². The fourth-order valence-electron chi connectivity index (χ4n) is 3.32. The number of hydrogen-bond donors (Lipinski definition) is 1. The molecule has 4 aromatic rings. The Labute approximate surface area is 193 Å². The number of aromatic nitrogens is 4. The molecule has 0 bridgehead atoms. The van der Waals surface area contributed by atoms with Gasteiger partial charge < -0.3 is 9.84 Å². The van der Waals surface area contributed by atoms with Crippen LogP contribution in [0.1, 0.15) is 40.1 Å². The molecule has 0 unspecified atom stereocenters. The van der Waals surface area contributed by atoms with Crippen LogP contribution in [0.4, 0.5) is 32.0 Å². The number of hydrogen-bond acceptors (Lipinski definition) is 5. The first-order valence-corrected chi connectivity index (χ1v) is 9.94. The first-order valence-electron chi connectivity index (χ1n) is 9.94. The number of alkyl halides is 6. The largest absolute Gasteiger partial charge is 0.416 e. The van der Waals surface area contributed by atoms with Crippen LogP contribution in [0.2, 0.25) is 0 Å². The molecule has 0 aliphatic rings. The Balaban J connectivity index is 1.54. The topological polar surface area (TPSA) is 85.8 Å². The molecule has 0 aliphatic heterocycles. The van der Waals surface area contributed by atoms with E-state index in [1.165, 1.54) is 31.6 Å². The van der Waals surface area contributed by atoms with Crippen LogP contribution in [-0.2, 0) is 12.4 Å². The zero-order chi connectivity index (χ0) is 25.4. The Kier molecular flexibility index (Phi) is 6.09. The average Bonchev–Trinajstić information content (AvgIpc) is 3.48. The number of amides is 1. The zero-order valence-electron chi connectivity index (χ0n) is 17.7. The van der Waals surface area contributed by atoms with Crippen molar-refractivity contribution in [1.82, 2.24) is 19.9 Å². The number of rotatable bonds is 5. The van der Waals surface area contributed by atoms with Crippen LogP contribution in [0.3, 0.4) is 0 Å². The molecular weight excluding hydrogens is 480 g/mol. The van der Waals surface area contributed by atoms with Crippen LogP contribution >= 0.6 is 0 Å². The van der Waals surface area contributed by atoms with Crippen molar-refractivity contribution in [2.75, 3.05) is 5.32 Å². The van der Waals surface area contributed by atoms with E-state index in [1.807, 2.05) is 0 Å². The molecule has 1 aromatic carbocycles. The quantitative estimate of drug-likeness (QED) is 0.352. The summed E-state index contributed by atoms with van der Waals surface area (Å²) in [7, 11) is 0. The molecule has 3 heterocycles. The van der Waals surface area contributed by atoms with Crippen molar-refractivity contribution < 1.29 is 35.7 Å². The van der Waals surface area contributed by atoms with Gasteiger partial charge in [-0.2, -0.15) is 31.4 Å². The number of carbonyl (C=O) groups is 1. The molecule has 7 nitrogen and oxygen atoms in total. The van der Waals surface area contributed by atoms with E-state index in [0.29, 0.717) is 17.4 Å². The molecule has 4 rings (SSSR count). The highest BCUT2D eigenvalue weighted by Crippen LogP contribution is 2.39. The van der Waals surface area contributed by atoms with Gasteiger partial charge in [-0.15, -0.1) is 0 Å². The third-order valence-electron chi connectivity index (χ3n) is 5.08. The minimum atomic E-state index is -5.02. The van der Waals surface area contributed by atoms with E-state index in [-0.39, 0.29) is 17.4 Å². The molecule has 182 valence electrons. The van der Waals surface area contributed by atoms with Gasteiger partial charge in [-0.3, -0.25) is 14.5 Å². The summed E-state index contributed by atoms with van der Waals surface area (Å²) in [4.78, 5) is 16.4. The second-order valence-electron chi connectivity index (χ2n) is 7.45. The van der Waals surface area contributed by atoms with Crippen molar-refractivity contribution in [3.05, 3.63) is 83.6 Å². The van der Waals surface area contributed by atoms with Gasteiger partial charge in [0.05, 0.1) is 29.1 Å². The predicted molar refractivity (Wildman–Crippen MR) is 110 cm³/mol. The van der Waals surface area contributed by atoms with Gasteiger partial charge in [0, 0.05) is 30.2 Å². The van der Waals surface area contributed by atoms with Gasteiger partial charge in [-0.1, -0.05) is 11.2 Å². The lowest BCUT2D eigenvalue weighted by molar-refractivity contribution is -0.143. The first kappa shape index (κ1) is 24.0. The number of nitrogens with zero attached hydrogens (tertiary/aromatic N) is 4. The number of benzene rings is 1. The van der Waals surface area contributed by atoms with E-state index in [2.05, 4.69) is 20.6 Å². The van der Waals surface area contributed by atoms with Gasteiger partial charge >= 0.3 is 12.4 Å². The van der Waals surface area contributed by atoms with Crippen LogP contribution in [-0.4, -0.2) is 25.8 Å². The number of carbonyl (C=O) groups excluding carboxylic acids is 1. The van der Waals surface area contributed by atoms with Crippen molar-refractivity contribution in [2.24, 2.45) is 0 Å². The summed E-state index contributed by atoms with van der Waals surface area (Å²) in [5, 5.41) is 10.1. The molecule has 0 fully saturated rings. The summed E-state index contributed by atoms with van der Waals surface area (Å²) >= 11 is 0. The number of nitrogens with one attached hydrogen (secondary N) is 1. The Hall–Kier alpha value is -4.16. The van der Waals surface area contributed by atoms with E-state index in [0.717, 1.165) is 10.7 Å².